The van der Waals surface area contributed by atoms with Crippen LogP contribution in [0.15, 0.2) is 39.5 Å². The summed E-state index contributed by atoms with van der Waals surface area (Å²) in [5.41, 5.74) is -2.05. The highest BCUT2D eigenvalue weighted by molar-refractivity contribution is 5.77. The quantitative estimate of drug-likeness (QED) is 0.544. The monoisotopic (exact) mass is 338 g/mol. The summed E-state index contributed by atoms with van der Waals surface area (Å²) < 4.78 is 15.9. The molecule has 1 aliphatic rings. The van der Waals surface area contributed by atoms with E-state index in [-0.39, 0.29) is 11.3 Å². The first-order valence-electron chi connectivity index (χ1n) is 7.38. The van der Waals surface area contributed by atoms with Crippen LogP contribution >= 0.6 is 0 Å². The van der Waals surface area contributed by atoms with Crippen molar-refractivity contribution in [2.45, 2.75) is 37.1 Å². The lowest BCUT2D eigenvalue weighted by molar-refractivity contribution is -0.308. The van der Waals surface area contributed by atoms with Gasteiger partial charge in [-0.15, -0.1) is 0 Å². The van der Waals surface area contributed by atoms with E-state index in [1.165, 1.54) is 19.1 Å². The van der Waals surface area contributed by atoms with Crippen molar-refractivity contribution < 1.29 is 34.3 Å². The first-order chi connectivity index (χ1) is 11.3. The van der Waals surface area contributed by atoms with E-state index >= 15 is 0 Å². The van der Waals surface area contributed by atoms with Gasteiger partial charge in [0.05, 0.1) is 6.61 Å². The molecule has 0 saturated carbocycles. The third kappa shape index (κ3) is 2.90. The topological polar surface area (TPSA) is 130 Å². The van der Waals surface area contributed by atoms with Gasteiger partial charge in [0, 0.05) is 17.5 Å². The van der Waals surface area contributed by atoms with E-state index in [4.69, 9.17) is 13.9 Å². The minimum absolute atomic E-state index is 0.228. The molecule has 0 bridgehead atoms. The zero-order chi connectivity index (χ0) is 17.5. The molecule has 0 unspecified atom stereocenters. The second kappa shape index (κ2) is 6.15. The van der Waals surface area contributed by atoms with E-state index in [9.17, 15) is 25.2 Å². The van der Waals surface area contributed by atoms with Crippen LogP contribution in [0.4, 0.5) is 0 Å². The fourth-order valence-electron chi connectivity index (χ4n) is 2.64. The molecule has 4 N–H and O–H groups in total. The fourth-order valence-corrected chi connectivity index (χ4v) is 2.64. The molecule has 5 atom stereocenters. The van der Waals surface area contributed by atoms with Crippen molar-refractivity contribution in [3.8, 4) is 5.75 Å². The molecule has 24 heavy (non-hydrogen) atoms. The molecule has 0 spiro atoms. The third-order valence-electron chi connectivity index (χ3n) is 4.16. The molecule has 1 aromatic carbocycles. The number of rotatable bonds is 3. The summed E-state index contributed by atoms with van der Waals surface area (Å²) in [6.45, 7) is 0.686. The molecule has 130 valence electrons. The minimum atomic E-state index is -1.83. The predicted molar refractivity (Wildman–Crippen MR) is 81.5 cm³/mol. The summed E-state index contributed by atoms with van der Waals surface area (Å²) >= 11 is 0. The van der Waals surface area contributed by atoms with Gasteiger partial charge in [0.2, 0.25) is 6.29 Å². The zero-order valence-corrected chi connectivity index (χ0v) is 12.8. The largest absolute Gasteiger partial charge is 0.462 e. The van der Waals surface area contributed by atoms with Crippen LogP contribution < -0.4 is 10.4 Å². The number of ether oxygens (including phenoxy) is 2. The number of hydrogen-bond acceptors (Lipinski definition) is 8. The van der Waals surface area contributed by atoms with Gasteiger partial charge in [0.1, 0.15) is 35.2 Å². The Balaban J connectivity index is 1.86. The van der Waals surface area contributed by atoms with Crippen LogP contribution in [0.1, 0.15) is 6.92 Å². The van der Waals surface area contributed by atoms with Gasteiger partial charge in [-0.25, -0.2) is 4.79 Å². The highest BCUT2D eigenvalue weighted by Gasteiger charge is 2.52. The molecular weight excluding hydrogens is 320 g/mol. The summed E-state index contributed by atoms with van der Waals surface area (Å²) in [6, 6.07) is 7.56. The van der Waals surface area contributed by atoms with Crippen LogP contribution in [-0.2, 0) is 4.74 Å². The Morgan fingerprint density at radius 2 is 1.96 bits per heavy atom. The van der Waals surface area contributed by atoms with Gasteiger partial charge >= 0.3 is 5.63 Å². The maximum absolute atomic E-state index is 11.3. The summed E-state index contributed by atoms with van der Waals surface area (Å²) in [6.07, 6.45) is -5.57. The van der Waals surface area contributed by atoms with Crippen LogP contribution in [0.5, 0.6) is 5.75 Å². The molecule has 8 heteroatoms. The van der Waals surface area contributed by atoms with Gasteiger partial charge in [-0.1, -0.05) is 0 Å². The molecule has 0 aliphatic carbocycles. The molecular formula is C16H18O8. The first kappa shape index (κ1) is 16.9. The van der Waals surface area contributed by atoms with E-state index in [1.54, 1.807) is 18.2 Å². The molecule has 2 heterocycles. The lowest BCUT2D eigenvalue weighted by Gasteiger charge is -2.45. The number of aliphatic hydroxyl groups is 4. The predicted octanol–water partition coefficient (Wildman–Crippen LogP) is -0.638. The van der Waals surface area contributed by atoms with Gasteiger partial charge in [0.15, 0.2) is 0 Å². The van der Waals surface area contributed by atoms with Crippen LogP contribution in [0.25, 0.3) is 11.0 Å². The maximum Gasteiger partial charge on any atom is 0.336 e. The van der Waals surface area contributed by atoms with Crippen LogP contribution in [-0.4, -0.2) is 57.2 Å². The summed E-state index contributed by atoms with van der Waals surface area (Å²) in [7, 11) is 0. The van der Waals surface area contributed by atoms with Crippen molar-refractivity contribution in [1.82, 2.24) is 0 Å². The molecule has 1 saturated heterocycles. The van der Waals surface area contributed by atoms with E-state index < -0.39 is 42.4 Å². The van der Waals surface area contributed by atoms with Gasteiger partial charge < -0.3 is 34.3 Å². The average molecular weight is 338 g/mol. The Bertz CT molecular complexity index is 779. The summed E-state index contributed by atoms with van der Waals surface area (Å²) in [4.78, 5) is 11.3. The molecule has 3 rings (SSSR count). The Morgan fingerprint density at radius 3 is 2.67 bits per heavy atom. The van der Waals surface area contributed by atoms with Crippen LogP contribution in [0, 0.1) is 0 Å². The first-order valence-corrected chi connectivity index (χ1v) is 7.38. The zero-order valence-electron chi connectivity index (χ0n) is 12.8. The SMILES string of the molecule is C[C@]1(O)[C@H](O)[C@@H](O)[C@H](Oc2ccc3ccc(=O)oc3c2)O[C@@H]1CO. The van der Waals surface area contributed by atoms with E-state index in [1.807, 2.05) is 0 Å². The van der Waals surface area contributed by atoms with E-state index in [2.05, 4.69) is 0 Å². The van der Waals surface area contributed by atoms with Crippen molar-refractivity contribution in [2.24, 2.45) is 0 Å². The lowest BCUT2D eigenvalue weighted by atomic mass is 9.86. The van der Waals surface area contributed by atoms with Crippen molar-refractivity contribution in [3.05, 3.63) is 40.8 Å². The Kier molecular flexibility index (Phi) is 4.33. The van der Waals surface area contributed by atoms with Crippen LogP contribution in [0.2, 0.25) is 0 Å². The molecule has 1 aromatic heterocycles. The van der Waals surface area contributed by atoms with E-state index in [0.717, 1.165) is 0 Å². The van der Waals surface area contributed by atoms with Crippen molar-refractivity contribution in [1.29, 1.82) is 0 Å². The molecule has 8 nitrogen and oxygen atoms in total. The Morgan fingerprint density at radius 1 is 1.25 bits per heavy atom. The number of hydrogen-bond donors (Lipinski definition) is 4. The van der Waals surface area contributed by atoms with Gasteiger partial charge in [-0.05, 0) is 25.1 Å². The van der Waals surface area contributed by atoms with Crippen molar-refractivity contribution >= 4 is 11.0 Å². The van der Waals surface area contributed by atoms with Gasteiger partial charge in [-0.3, -0.25) is 0 Å². The number of benzene rings is 1. The van der Waals surface area contributed by atoms with Crippen molar-refractivity contribution in [2.75, 3.05) is 6.61 Å². The Labute approximate surface area is 136 Å². The molecule has 1 fully saturated rings. The normalized spacial score (nSPS) is 33.5. The van der Waals surface area contributed by atoms with Crippen LogP contribution in [0.3, 0.4) is 0 Å². The third-order valence-corrected chi connectivity index (χ3v) is 4.16. The maximum atomic E-state index is 11.3. The average Bonchev–Trinajstić information content (AvgIpc) is 2.55. The fraction of sp³-hybridized carbons (Fsp3) is 0.438. The minimum Gasteiger partial charge on any atom is -0.462 e. The second-order valence-corrected chi connectivity index (χ2v) is 5.91. The highest BCUT2D eigenvalue weighted by Crippen LogP contribution is 2.31. The summed E-state index contributed by atoms with van der Waals surface area (Å²) in [5.74, 6) is 0.228. The molecule has 0 amide bonds. The second-order valence-electron chi connectivity index (χ2n) is 5.91. The van der Waals surface area contributed by atoms with Crippen molar-refractivity contribution in [3.63, 3.8) is 0 Å². The molecule has 1 aliphatic heterocycles. The van der Waals surface area contributed by atoms with Gasteiger partial charge in [0.25, 0.3) is 0 Å². The molecule has 0 radical (unpaired) electrons. The van der Waals surface area contributed by atoms with Gasteiger partial charge in [-0.2, -0.15) is 0 Å². The van der Waals surface area contributed by atoms with E-state index in [0.29, 0.717) is 5.39 Å². The standard InChI is InChI=1S/C16H18O8/c1-16(21)11(7-17)24-15(13(19)14(16)20)22-9-4-2-8-3-5-12(18)23-10(8)6-9/h2-6,11,13-15,17,19-21H,7H2,1H3/t11-,13-,14-,15-,16-/m1/s1. The number of fused-ring (bicyclic) bond motifs is 1. The lowest BCUT2D eigenvalue weighted by Crippen LogP contribution is -2.66. The number of aliphatic hydroxyl groups excluding tert-OH is 3. The summed E-state index contributed by atoms with van der Waals surface area (Å²) in [5, 5.41) is 40.2. The smallest absolute Gasteiger partial charge is 0.336 e. The Hall–Kier alpha value is -1.97. The molecule has 2 aromatic rings. The highest BCUT2D eigenvalue weighted by atomic mass is 16.7.